The average molecular weight is 268 g/mol. The van der Waals surface area contributed by atoms with Crippen LogP contribution in [0.15, 0.2) is 0 Å². The van der Waals surface area contributed by atoms with Gasteiger partial charge >= 0.3 is 7.82 Å². The van der Waals surface area contributed by atoms with Gasteiger partial charge in [-0.05, 0) is 6.92 Å². The number of halogens is 1. The second-order valence-electron chi connectivity index (χ2n) is 3.46. The second kappa shape index (κ2) is 6.27. The monoisotopic (exact) mass is 268 g/mol. The van der Waals surface area contributed by atoms with Gasteiger partial charge in [0.2, 0.25) is 0 Å². The van der Waals surface area contributed by atoms with E-state index < -0.39 is 32.2 Å². The van der Waals surface area contributed by atoms with Crippen molar-refractivity contribution in [1.29, 1.82) is 0 Å². The Hall–Kier alpha value is 0.0249. The minimum atomic E-state index is -4.29. The maximum Gasteiger partial charge on any atom is 0.472 e. The summed E-state index contributed by atoms with van der Waals surface area (Å²) in [5.74, 6) is 0. The van der Waals surface area contributed by atoms with E-state index in [1.165, 1.54) is 0 Å². The number of phosphoric acid groups is 1. The summed E-state index contributed by atoms with van der Waals surface area (Å²) in [4.78, 5) is 9.14. The Morgan fingerprint density at radius 2 is 2.24 bits per heavy atom. The molecular weight excluding hydrogens is 253 g/mol. The van der Waals surface area contributed by atoms with Gasteiger partial charge in [0, 0.05) is 13.7 Å². The van der Waals surface area contributed by atoms with Crippen LogP contribution in [0.5, 0.6) is 0 Å². The van der Waals surface area contributed by atoms with Crippen LogP contribution in [0.2, 0.25) is 0 Å². The van der Waals surface area contributed by atoms with Crippen molar-refractivity contribution in [1.82, 2.24) is 0 Å². The van der Waals surface area contributed by atoms with E-state index in [0.717, 1.165) is 7.11 Å². The first-order chi connectivity index (χ1) is 7.91. The molecule has 0 aromatic carbocycles. The molecule has 0 saturated carbocycles. The predicted molar refractivity (Wildman–Crippen MR) is 57.5 cm³/mol. The summed E-state index contributed by atoms with van der Waals surface area (Å²) >= 11 is 0. The van der Waals surface area contributed by atoms with E-state index in [1.807, 2.05) is 0 Å². The van der Waals surface area contributed by atoms with E-state index in [-0.39, 0.29) is 6.61 Å². The maximum absolute atomic E-state index is 13.6. The second-order valence-corrected chi connectivity index (χ2v) is 4.98. The molecule has 98 valence electrons. The molecule has 0 aliphatic carbocycles. The van der Waals surface area contributed by atoms with Crippen LogP contribution in [0.4, 0.5) is 4.39 Å². The average Bonchev–Trinajstić information content (AvgIpc) is 2.54. The number of phosphoric ester groups is 1. The van der Waals surface area contributed by atoms with Crippen LogP contribution in [0.25, 0.3) is 0 Å². The molecule has 0 bridgehead atoms. The lowest BCUT2D eigenvalue weighted by Crippen LogP contribution is -2.34. The molecule has 0 amide bonds. The Morgan fingerprint density at radius 1 is 1.59 bits per heavy atom. The first-order valence-corrected chi connectivity index (χ1v) is 6.60. The Kier molecular flexibility index (Phi) is 5.56. The third-order valence-electron chi connectivity index (χ3n) is 2.30. The van der Waals surface area contributed by atoms with Crippen molar-refractivity contribution >= 4 is 15.7 Å². The highest BCUT2D eigenvalue weighted by atomic mass is 31.2. The molecule has 1 aliphatic rings. The molecule has 6 nitrogen and oxygen atoms in total. The molecule has 0 spiro atoms. The molecule has 1 unspecified atom stereocenters. The molecule has 0 aromatic rings. The highest BCUT2D eigenvalue weighted by Gasteiger charge is 2.46. The van der Waals surface area contributed by atoms with Crippen LogP contribution >= 0.6 is 7.82 Å². The summed E-state index contributed by atoms with van der Waals surface area (Å²) in [5, 5.41) is 0. The summed E-state index contributed by atoms with van der Waals surface area (Å²) in [7, 11) is 2.05. The van der Waals surface area contributed by atoms with Crippen molar-refractivity contribution in [2.24, 2.45) is 0 Å². The van der Waals surface area contributed by atoms with Gasteiger partial charge in [0.25, 0.3) is 0 Å². The number of hydrogen-bond acceptors (Lipinski definition) is 5. The van der Waals surface area contributed by atoms with Gasteiger partial charge in [-0.3, -0.25) is 9.05 Å². The first kappa shape index (κ1) is 15.1. The zero-order valence-electron chi connectivity index (χ0n) is 9.61. The Balaban J connectivity index is 2.66. The Labute approximate surface area is 100 Å². The molecule has 1 aliphatic heterocycles. The smallest absolute Gasteiger partial charge is 0.379 e. The SMILES string of the molecule is [B][C@@H]1O[C@H](COCC)[C@@H](OP(=O)(O)OC)[C@H]1F. The quantitative estimate of drug-likeness (QED) is 0.554. The molecular formula is C8H15BFO6P. The summed E-state index contributed by atoms with van der Waals surface area (Å²) in [6.07, 6.45) is -3.83. The van der Waals surface area contributed by atoms with Crippen LogP contribution in [0.1, 0.15) is 6.92 Å². The van der Waals surface area contributed by atoms with Gasteiger partial charge in [-0.2, -0.15) is 0 Å². The fourth-order valence-electron chi connectivity index (χ4n) is 1.44. The molecule has 1 N–H and O–H groups in total. The van der Waals surface area contributed by atoms with E-state index in [1.54, 1.807) is 6.92 Å². The molecule has 1 fully saturated rings. The molecule has 1 heterocycles. The number of ether oxygens (including phenoxy) is 2. The molecule has 5 atom stereocenters. The van der Waals surface area contributed by atoms with Crippen LogP contribution in [-0.4, -0.2) is 57.4 Å². The molecule has 1 saturated heterocycles. The third kappa shape index (κ3) is 4.01. The van der Waals surface area contributed by atoms with E-state index in [9.17, 15) is 8.96 Å². The van der Waals surface area contributed by atoms with Gasteiger partial charge in [-0.15, -0.1) is 0 Å². The third-order valence-corrected chi connectivity index (χ3v) is 3.27. The van der Waals surface area contributed by atoms with Crippen molar-refractivity contribution < 1.29 is 32.4 Å². The van der Waals surface area contributed by atoms with Gasteiger partial charge in [0.1, 0.15) is 26.2 Å². The Bertz CT molecular complexity index is 293. The van der Waals surface area contributed by atoms with Crippen LogP contribution < -0.4 is 0 Å². The van der Waals surface area contributed by atoms with Gasteiger partial charge in [-0.1, -0.05) is 0 Å². The van der Waals surface area contributed by atoms with Crippen LogP contribution in [0.3, 0.4) is 0 Å². The van der Waals surface area contributed by atoms with E-state index in [2.05, 4.69) is 9.05 Å². The number of alkyl halides is 1. The molecule has 9 heteroatoms. The zero-order chi connectivity index (χ0) is 13.1. The van der Waals surface area contributed by atoms with Gasteiger partial charge < -0.3 is 14.4 Å². The highest BCUT2D eigenvalue weighted by molar-refractivity contribution is 7.47. The van der Waals surface area contributed by atoms with Gasteiger partial charge in [0.05, 0.1) is 12.6 Å². The molecule has 0 aromatic heterocycles. The van der Waals surface area contributed by atoms with Crippen molar-refractivity contribution in [2.45, 2.75) is 31.3 Å². The minimum absolute atomic E-state index is 0.0268. The fourth-order valence-corrected chi connectivity index (χ4v) is 2.08. The lowest BCUT2D eigenvalue weighted by molar-refractivity contribution is -0.0293. The topological polar surface area (TPSA) is 74.2 Å². The van der Waals surface area contributed by atoms with E-state index in [0.29, 0.717) is 6.61 Å². The molecule has 2 radical (unpaired) electrons. The zero-order valence-corrected chi connectivity index (χ0v) is 10.5. The predicted octanol–water partition coefficient (Wildman–Crippen LogP) is 0.386. The largest absolute Gasteiger partial charge is 0.472 e. The van der Waals surface area contributed by atoms with Crippen molar-refractivity contribution in [2.75, 3.05) is 20.3 Å². The normalized spacial score (nSPS) is 36.9. The Morgan fingerprint density at radius 3 is 2.76 bits per heavy atom. The standard InChI is InChI=1S/C8H15BFO6P/c1-3-14-4-5-7(6(10)8(9)15-5)16-17(11,12)13-2/h5-8H,3-4H2,1-2H3,(H,11,12)/t5-,6-,7-,8-/m1/s1. The van der Waals surface area contributed by atoms with Gasteiger partial charge in [0.15, 0.2) is 0 Å². The first-order valence-electron chi connectivity index (χ1n) is 5.11. The van der Waals surface area contributed by atoms with Gasteiger partial charge in [-0.25, -0.2) is 8.96 Å². The number of rotatable bonds is 6. The lowest BCUT2D eigenvalue weighted by Gasteiger charge is -2.21. The summed E-state index contributed by atoms with van der Waals surface area (Å²) < 4.78 is 43.8. The summed E-state index contributed by atoms with van der Waals surface area (Å²) in [5.41, 5.74) is 0. The van der Waals surface area contributed by atoms with Crippen molar-refractivity contribution in [3.05, 3.63) is 0 Å². The molecule has 1 rings (SSSR count). The van der Waals surface area contributed by atoms with Crippen LogP contribution in [0, 0.1) is 0 Å². The minimum Gasteiger partial charge on any atom is -0.379 e. The van der Waals surface area contributed by atoms with E-state index >= 15 is 0 Å². The summed E-state index contributed by atoms with van der Waals surface area (Å²) in [6, 6.07) is -1.21. The maximum atomic E-state index is 13.6. The van der Waals surface area contributed by atoms with Crippen molar-refractivity contribution in [3.8, 4) is 0 Å². The van der Waals surface area contributed by atoms with E-state index in [4.69, 9.17) is 22.2 Å². The fraction of sp³-hybridized carbons (Fsp3) is 1.00. The van der Waals surface area contributed by atoms with Crippen molar-refractivity contribution in [3.63, 3.8) is 0 Å². The lowest BCUT2D eigenvalue weighted by atomic mass is 9.94. The molecule has 17 heavy (non-hydrogen) atoms. The number of hydrogen-bond donors (Lipinski definition) is 1. The highest BCUT2D eigenvalue weighted by Crippen LogP contribution is 2.46. The summed E-state index contributed by atoms with van der Waals surface area (Å²) in [6.45, 7) is 2.18. The van der Waals surface area contributed by atoms with Crippen LogP contribution in [-0.2, 0) is 23.1 Å².